The summed E-state index contributed by atoms with van der Waals surface area (Å²) in [5, 5.41) is 5.49. The van der Waals surface area contributed by atoms with Crippen LogP contribution in [0.3, 0.4) is 0 Å². The number of hydrogen-bond donors (Lipinski definition) is 2. The zero-order chi connectivity index (χ0) is 22.4. The molecule has 3 rings (SSSR count). The molecule has 0 fully saturated rings. The average molecular weight is 479 g/mol. The minimum absolute atomic E-state index is 0.0787. The first-order valence-corrected chi connectivity index (χ1v) is 12.3. The first-order valence-electron chi connectivity index (χ1n) is 9.60. The highest BCUT2D eigenvalue weighted by Crippen LogP contribution is 2.27. The van der Waals surface area contributed by atoms with Gasteiger partial charge in [0.2, 0.25) is 10.0 Å². The number of thiophene rings is 1. The number of benzene rings is 2. The summed E-state index contributed by atoms with van der Waals surface area (Å²) in [6.07, 6.45) is 0.718. The van der Waals surface area contributed by atoms with Crippen LogP contribution in [0.25, 0.3) is 0 Å². The third-order valence-corrected chi connectivity index (χ3v) is 7.36. The molecule has 164 valence electrons. The third kappa shape index (κ3) is 5.86. The van der Waals surface area contributed by atoms with E-state index in [1.54, 1.807) is 41.7 Å². The number of ether oxygens (including phenoxy) is 1. The number of hydrogen-bond acceptors (Lipinski definition) is 5. The highest BCUT2D eigenvalue weighted by molar-refractivity contribution is 7.89. The maximum absolute atomic E-state index is 12.9. The zero-order valence-corrected chi connectivity index (χ0v) is 19.5. The summed E-state index contributed by atoms with van der Waals surface area (Å²) in [5.74, 6) is -0.192. The van der Waals surface area contributed by atoms with Crippen molar-refractivity contribution in [1.82, 2.24) is 10.0 Å². The minimum Gasteiger partial charge on any atom is -0.495 e. The van der Waals surface area contributed by atoms with Gasteiger partial charge in [0.25, 0.3) is 5.91 Å². The number of carbonyl (C=O) groups is 1. The quantitative estimate of drug-likeness (QED) is 0.464. The van der Waals surface area contributed by atoms with E-state index in [0.29, 0.717) is 5.02 Å². The van der Waals surface area contributed by atoms with Gasteiger partial charge in [0, 0.05) is 22.0 Å². The summed E-state index contributed by atoms with van der Waals surface area (Å²) in [6.45, 7) is 2.06. The SMILES string of the molecule is CCC(NC(=O)c1ccc(OC)c(S(=O)(=O)NCc2ccc(Cl)cc2)c1)c1cccs1. The van der Waals surface area contributed by atoms with Gasteiger partial charge in [0.1, 0.15) is 10.6 Å². The average Bonchev–Trinajstić information content (AvgIpc) is 3.31. The van der Waals surface area contributed by atoms with Crippen LogP contribution in [0, 0.1) is 0 Å². The third-order valence-electron chi connectivity index (χ3n) is 4.70. The Morgan fingerprint density at radius 3 is 2.52 bits per heavy atom. The second kappa shape index (κ2) is 10.3. The molecule has 1 unspecified atom stereocenters. The summed E-state index contributed by atoms with van der Waals surface area (Å²) in [4.78, 5) is 13.8. The van der Waals surface area contributed by atoms with E-state index in [1.807, 2.05) is 24.4 Å². The Bertz CT molecular complexity index is 1130. The Kier molecular flexibility index (Phi) is 7.72. The Hall–Kier alpha value is -2.39. The molecule has 1 aromatic heterocycles. The maximum Gasteiger partial charge on any atom is 0.251 e. The van der Waals surface area contributed by atoms with E-state index in [2.05, 4.69) is 10.0 Å². The van der Waals surface area contributed by atoms with E-state index in [4.69, 9.17) is 16.3 Å². The number of methoxy groups -OCH3 is 1. The first-order chi connectivity index (χ1) is 14.8. The van der Waals surface area contributed by atoms with Crippen molar-refractivity contribution in [2.75, 3.05) is 7.11 Å². The molecule has 1 atom stereocenters. The fourth-order valence-electron chi connectivity index (χ4n) is 2.99. The fraction of sp³-hybridized carbons (Fsp3) is 0.227. The van der Waals surface area contributed by atoms with Gasteiger partial charge in [-0.3, -0.25) is 4.79 Å². The van der Waals surface area contributed by atoms with E-state index < -0.39 is 10.0 Å². The summed E-state index contributed by atoms with van der Waals surface area (Å²) >= 11 is 7.43. The molecule has 31 heavy (non-hydrogen) atoms. The Morgan fingerprint density at radius 1 is 1.16 bits per heavy atom. The smallest absolute Gasteiger partial charge is 0.251 e. The van der Waals surface area contributed by atoms with Crippen LogP contribution >= 0.6 is 22.9 Å². The standard InChI is InChI=1S/C22H23ClN2O4S2/c1-3-18(20-5-4-12-30-20)25-22(26)16-8-11-19(29-2)21(13-16)31(27,28)24-14-15-6-9-17(23)10-7-15/h4-13,18,24H,3,14H2,1-2H3,(H,25,26). The molecule has 0 bridgehead atoms. The van der Waals surface area contributed by atoms with Crippen LogP contribution in [0.1, 0.15) is 40.2 Å². The van der Waals surface area contributed by atoms with E-state index in [9.17, 15) is 13.2 Å². The number of amides is 1. The van der Waals surface area contributed by atoms with Gasteiger partial charge in [-0.25, -0.2) is 13.1 Å². The van der Waals surface area contributed by atoms with Crippen LogP contribution in [-0.2, 0) is 16.6 Å². The molecule has 9 heteroatoms. The molecule has 2 N–H and O–H groups in total. The van der Waals surface area contributed by atoms with Crippen molar-refractivity contribution in [2.24, 2.45) is 0 Å². The topological polar surface area (TPSA) is 84.5 Å². The van der Waals surface area contributed by atoms with Crippen molar-refractivity contribution >= 4 is 38.9 Å². The molecule has 1 amide bonds. The Labute approximate surface area is 191 Å². The second-order valence-electron chi connectivity index (χ2n) is 6.77. The molecule has 0 radical (unpaired) electrons. The molecular formula is C22H23ClN2O4S2. The van der Waals surface area contributed by atoms with Crippen molar-refractivity contribution in [3.8, 4) is 5.75 Å². The highest BCUT2D eigenvalue weighted by atomic mass is 35.5. The van der Waals surface area contributed by atoms with Crippen LogP contribution < -0.4 is 14.8 Å². The van der Waals surface area contributed by atoms with Gasteiger partial charge in [0.15, 0.2) is 0 Å². The van der Waals surface area contributed by atoms with Crippen LogP contribution in [0.15, 0.2) is 64.9 Å². The van der Waals surface area contributed by atoms with Crippen LogP contribution in [-0.4, -0.2) is 21.4 Å². The van der Waals surface area contributed by atoms with Crippen molar-refractivity contribution in [1.29, 1.82) is 0 Å². The van der Waals surface area contributed by atoms with E-state index in [-0.39, 0.29) is 34.7 Å². The lowest BCUT2D eigenvalue weighted by Gasteiger charge is -2.17. The summed E-state index contributed by atoms with van der Waals surface area (Å²) in [6, 6.07) is 15.0. The molecule has 3 aromatic rings. The number of rotatable bonds is 9. The molecule has 0 spiro atoms. The van der Waals surface area contributed by atoms with Gasteiger partial charge < -0.3 is 10.1 Å². The first kappa shape index (κ1) is 23.3. The van der Waals surface area contributed by atoms with Crippen LogP contribution in [0.5, 0.6) is 5.75 Å². The molecule has 2 aromatic carbocycles. The predicted octanol–water partition coefficient (Wildman–Crippen LogP) is 4.77. The molecule has 6 nitrogen and oxygen atoms in total. The van der Waals surface area contributed by atoms with E-state index >= 15 is 0 Å². The molecule has 0 saturated carbocycles. The Morgan fingerprint density at radius 2 is 1.90 bits per heavy atom. The lowest BCUT2D eigenvalue weighted by Crippen LogP contribution is -2.28. The van der Waals surface area contributed by atoms with Gasteiger partial charge in [0.05, 0.1) is 13.2 Å². The van der Waals surface area contributed by atoms with Gasteiger partial charge in [-0.1, -0.05) is 36.7 Å². The lowest BCUT2D eigenvalue weighted by molar-refractivity contribution is 0.0936. The predicted molar refractivity (Wildman–Crippen MR) is 123 cm³/mol. The molecule has 0 aliphatic rings. The van der Waals surface area contributed by atoms with Crippen molar-refractivity contribution in [2.45, 2.75) is 30.8 Å². The van der Waals surface area contributed by atoms with Crippen LogP contribution in [0.2, 0.25) is 5.02 Å². The fourth-order valence-corrected chi connectivity index (χ4v) is 5.19. The number of carbonyl (C=O) groups excluding carboxylic acids is 1. The summed E-state index contributed by atoms with van der Waals surface area (Å²) < 4.78 is 33.7. The number of nitrogens with one attached hydrogen (secondary N) is 2. The van der Waals surface area contributed by atoms with Crippen molar-refractivity contribution in [3.05, 3.63) is 81.0 Å². The summed E-state index contributed by atoms with van der Waals surface area (Å²) in [5.41, 5.74) is 0.991. The number of sulfonamides is 1. The second-order valence-corrected chi connectivity index (χ2v) is 9.92. The monoisotopic (exact) mass is 478 g/mol. The molecule has 1 heterocycles. The largest absolute Gasteiger partial charge is 0.495 e. The van der Waals surface area contributed by atoms with Gasteiger partial charge in [-0.05, 0) is 53.8 Å². The minimum atomic E-state index is -3.93. The van der Waals surface area contributed by atoms with E-state index in [1.165, 1.54) is 19.2 Å². The maximum atomic E-state index is 12.9. The van der Waals surface area contributed by atoms with Crippen molar-refractivity contribution < 1.29 is 17.9 Å². The molecule has 0 aliphatic carbocycles. The van der Waals surface area contributed by atoms with Crippen LogP contribution in [0.4, 0.5) is 0 Å². The molecule has 0 aliphatic heterocycles. The zero-order valence-electron chi connectivity index (χ0n) is 17.1. The summed E-state index contributed by atoms with van der Waals surface area (Å²) in [7, 11) is -2.54. The normalized spacial score (nSPS) is 12.4. The molecular weight excluding hydrogens is 456 g/mol. The lowest BCUT2D eigenvalue weighted by atomic mass is 10.1. The van der Waals surface area contributed by atoms with E-state index in [0.717, 1.165) is 16.9 Å². The molecule has 0 saturated heterocycles. The highest BCUT2D eigenvalue weighted by Gasteiger charge is 2.23. The van der Waals surface area contributed by atoms with Crippen molar-refractivity contribution in [3.63, 3.8) is 0 Å². The van der Waals surface area contributed by atoms with Gasteiger partial charge in [-0.2, -0.15) is 0 Å². The van der Waals surface area contributed by atoms with Gasteiger partial charge >= 0.3 is 0 Å². The van der Waals surface area contributed by atoms with Gasteiger partial charge in [-0.15, -0.1) is 11.3 Å². The Balaban J connectivity index is 1.81. The number of halogens is 1.